The summed E-state index contributed by atoms with van der Waals surface area (Å²) in [5.74, 6) is -0.162. The highest BCUT2D eigenvalue weighted by atomic mass is 35.5. The van der Waals surface area contributed by atoms with Gasteiger partial charge in [0.1, 0.15) is 17.4 Å². The molecule has 0 spiro atoms. The largest absolute Gasteiger partial charge is 0.412 e. The molecule has 1 aliphatic carbocycles. The van der Waals surface area contributed by atoms with Crippen LogP contribution in [0.2, 0.25) is 0 Å². The van der Waals surface area contributed by atoms with Crippen LogP contribution in [0.25, 0.3) is 0 Å². The van der Waals surface area contributed by atoms with Gasteiger partial charge in [-0.25, -0.2) is 14.2 Å². The van der Waals surface area contributed by atoms with Crippen molar-refractivity contribution >= 4 is 35.3 Å². The van der Waals surface area contributed by atoms with Crippen LogP contribution in [0.5, 0.6) is 5.75 Å². The van der Waals surface area contributed by atoms with Gasteiger partial charge in [0.2, 0.25) is 11.8 Å². The summed E-state index contributed by atoms with van der Waals surface area (Å²) >= 11 is 6.23. The van der Waals surface area contributed by atoms with Gasteiger partial charge in [-0.1, -0.05) is 18.2 Å². The zero-order valence-electron chi connectivity index (χ0n) is 21.8. The average molecular weight is 568 g/mol. The SMILES string of the molecule is NC(=O)c1ccc(N2CCC(C(=O)N3C[C@@H](NC(=O)Oc4ccc(F)cc4)[C@H](C4=CCC(Cl)C=C4)C3)CC2)nc1. The molecule has 3 atom stereocenters. The standard InChI is InChI=1S/C29H31ClFN5O4/c30-21-4-1-18(2-5-21)24-16-36(17-25(24)34-29(39)40-23-8-6-22(31)7-9-23)28(38)19-11-13-35(14-12-19)26-10-3-20(15-33-26)27(32)37/h1-4,6-10,15,19,21,24-25H,5,11-14,16-17H2,(H2,32,37)(H,34,39)/t21?,24-,25+/m0/s1. The lowest BCUT2D eigenvalue weighted by molar-refractivity contribution is -0.135. The molecule has 3 N–H and O–H groups in total. The Morgan fingerprint density at radius 2 is 1.82 bits per heavy atom. The van der Waals surface area contributed by atoms with Crippen LogP contribution in [-0.4, -0.2) is 65.4 Å². The van der Waals surface area contributed by atoms with E-state index < -0.39 is 17.8 Å². The van der Waals surface area contributed by atoms with Crippen molar-refractivity contribution in [1.29, 1.82) is 0 Å². The Kier molecular flexibility index (Phi) is 8.35. The maximum absolute atomic E-state index is 13.6. The molecule has 0 saturated carbocycles. The summed E-state index contributed by atoms with van der Waals surface area (Å²) in [5.41, 5.74) is 6.68. The number of nitrogens with two attached hydrogens (primary N) is 1. The van der Waals surface area contributed by atoms with Gasteiger partial charge in [0.25, 0.3) is 0 Å². The summed E-state index contributed by atoms with van der Waals surface area (Å²) in [7, 11) is 0. The molecule has 210 valence electrons. The van der Waals surface area contributed by atoms with E-state index in [9.17, 15) is 18.8 Å². The Labute approximate surface area is 236 Å². The molecular formula is C29H31ClFN5O4. The predicted octanol–water partition coefficient (Wildman–Crippen LogP) is 3.65. The number of anilines is 1. The molecule has 1 aromatic carbocycles. The Morgan fingerprint density at radius 3 is 2.45 bits per heavy atom. The summed E-state index contributed by atoms with van der Waals surface area (Å²) in [6.45, 7) is 2.15. The second kappa shape index (κ2) is 12.1. The maximum atomic E-state index is 13.6. The first kappa shape index (κ1) is 27.6. The van der Waals surface area contributed by atoms with Crippen molar-refractivity contribution in [2.24, 2.45) is 17.6 Å². The van der Waals surface area contributed by atoms with Gasteiger partial charge in [-0.3, -0.25) is 9.59 Å². The second-order valence-electron chi connectivity index (χ2n) is 10.3. The van der Waals surface area contributed by atoms with Gasteiger partial charge in [-0.2, -0.15) is 0 Å². The molecule has 11 heteroatoms. The van der Waals surface area contributed by atoms with Crippen LogP contribution in [0, 0.1) is 17.7 Å². The number of benzene rings is 1. The van der Waals surface area contributed by atoms with Crippen molar-refractivity contribution in [3.05, 3.63) is 77.8 Å². The Morgan fingerprint density at radius 1 is 1.07 bits per heavy atom. The van der Waals surface area contributed by atoms with Gasteiger partial charge in [0.15, 0.2) is 0 Å². The number of amides is 3. The van der Waals surface area contributed by atoms with E-state index in [1.807, 2.05) is 17.1 Å². The average Bonchev–Trinajstić information content (AvgIpc) is 3.38. The van der Waals surface area contributed by atoms with E-state index >= 15 is 0 Å². The fourth-order valence-electron chi connectivity index (χ4n) is 5.48. The number of likely N-dealkylation sites (tertiary alicyclic amines) is 1. The number of alkyl halides is 1. The second-order valence-corrected chi connectivity index (χ2v) is 10.9. The number of nitrogens with zero attached hydrogens (tertiary/aromatic N) is 3. The number of aromatic nitrogens is 1. The molecule has 1 aromatic heterocycles. The number of carbonyl (C=O) groups is 3. The summed E-state index contributed by atoms with van der Waals surface area (Å²) in [4.78, 5) is 45.9. The molecule has 9 nitrogen and oxygen atoms in total. The van der Waals surface area contributed by atoms with Gasteiger partial charge in [-0.05, 0) is 61.2 Å². The molecule has 2 saturated heterocycles. The monoisotopic (exact) mass is 567 g/mol. The lowest BCUT2D eigenvalue weighted by Gasteiger charge is -2.34. The minimum absolute atomic E-state index is 0.0634. The normalized spacial score (nSPS) is 23.1. The Bertz CT molecular complexity index is 1310. The summed E-state index contributed by atoms with van der Waals surface area (Å²) in [6, 6.07) is 8.29. The van der Waals surface area contributed by atoms with E-state index in [2.05, 4.69) is 21.3 Å². The number of hydrogen-bond acceptors (Lipinski definition) is 6. The lowest BCUT2D eigenvalue weighted by atomic mass is 9.90. The first-order valence-corrected chi connectivity index (χ1v) is 13.8. The Balaban J connectivity index is 1.22. The minimum Gasteiger partial charge on any atom is -0.410 e. The summed E-state index contributed by atoms with van der Waals surface area (Å²) in [6.07, 6.45) is 8.77. The lowest BCUT2D eigenvalue weighted by Crippen LogP contribution is -2.44. The number of piperidine rings is 1. The van der Waals surface area contributed by atoms with Crippen molar-refractivity contribution < 1.29 is 23.5 Å². The smallest absolute Gasteiger partial charge is 0.410 e. The molecule has 3 heterocycles. The molecule has 2 fully saturated rings. The number of pyridine rings is 1. The zero-order chi connectivity index (χ0) is 28.2. The van der Waals surface area contributed by atoms with Gasteiger partial charge >= 0.3 is 6.09 Å². The number of rotatable bonds is 6. The maximum Gasteiger partial charge on any atom is 0.412 e. The highest BCUT2D eigenvalue weighted by molar-refractivity contribution is 6.22. The van der Waals surface area contributed by atoms with E-state index in [-0.39, 0.29) is 34.9 Å². The first-order chi connectivity index (χ1) is 19.3. The minimum atomic E-state index is -0.658. The molecule has 1 unspecified atom stereocenters. The topological polar surface area (TPSA) is 118 Å². The quantitative estimate of drug-likeness (QED) is 0.515. The van der Waals surface area contributed by atoms with Crippen LogP contribution in [0.1, 0.15) is 29.6 Å². The highest BCUT2D eigenvalue weighted by Crippen LogP contribution is 2.32. The highest BCUT2D eigenvalue weighted by Gasteiger charge is 2.40. The number of allylic oxidation sites excluding steroid dienone is 3. The molecule has 3 amide bonds. The number of carbonyl (C=O) groups excluding carboxylic acids is 3. The molecule has 0 bridgehead atoms. The van der Waals surface area contributed by atoms with E-state index in [1.54, 1.807) is 12.1 Å². The van der Waals surface area contributed by atoms with Crippen molar-refractivity contribution in [2.45, 2.75) is 30.7 Å². The number of hydrogen-bond donors (Lipinski definition) is 2. The molecule has 3 aliphatic rings. The Hall–Kier alpha value is -3.92. The predicted molar refractivity (Wildman–Crippen MR) is 149 cm³/mol. The first-order valence-electron chi connectivity index (χ1n) is 13.3. The summed E-state index contributed by atoms with van der Waals surface area (Å²) < 4.78 is 18.6. The number of nitrogens with one attached hydrogen (secondary N) is 1. The van der Waals surface area contributed by atoms with Gasteiger partial charge in [0.05, 0.1) is 17.0 Å². The van der Waals surface area contributed by atoms with Crippen LogP contribution in [0.3, 0.4) is 0 Å². The van der Waals surface area contributed by atoms with Crippen LogP contribution in [-0.2, 0) is 4.79 Å². The fraction of sp³-hybridized carbons (Fsp3) is 0.379. The van der Waals surface area contributed by atoms with E-state index in [0.717, 1.165) is 11.4 Å². The van der Waals surface area contributed by atoms with Crippen molar-refractivity contribution in [3.63, 3.8) is 0 Å². The van der Waals surface area contributed by atoms with Gasteiger partial charge < -0.3 is 25.6 Å². The number of halogens is 2. The van der Waals surface area contributed by atoms with Crippen molar-refractivity contribution in [2.75, 3.05) is 31.1 Å². The molecule has 40 heavy (non-hydrogen) atoms. The van der Waals surface area contributed by atoms with E-state index in [0.29, 0.717) is 51.0 Å². The van der Waals surface area contributed by atoms with Crippen LogP contribution < -0.4 is 20.7 Å². The fourth-order valence-corrected chi connectivity index (χ4v) is 5.64. The molecular weight excluding hydrogens is 537 g/mol. The molecule has 5 rings (SSSR count). The summed E-state index contributed by atoms with van der Waals surface area (Å²) in [5, 5.41) is 2.84. The van der Waals surface area contributed by atoms with Crippen molar-refractivity contribution in [1.82, 2.24) is 15.2 Å². The number of primary amides is 1. The third-order valence-electron chi connectivity index (χ3n) is 7.66. The van der Waals surface area contributed by atoms with Crippen LogP contribution in [0.4, 0.5) is 15.0 Å². The van der Waals surface area contributed by atoms with E-state index in [1.165, 1.54) is 30.5 Å². The van der Waals surface area contributed by atoms with Gasteiger partial charge in [-0.15, -0.1) is 11.6 Å². The third-order valence-corrected chi connectivity index (χ3v) is 7.99. The number of ether oxygens (including phenoxy) is 1. The third kappa shape index (κ3) is 6.44. The molecule has 2 aromatic rings. The van der Waals surface area contributed by atoms with Crippen molar-refractivity contribution in [3.8, 4) is 5.75 Å². The van der Waals surface area contributed by atoms with Gasteiger partial charge in [0, 0.05) is 44.2 Å². The van der Waals surface area contributed by atoms with E-state index in [4.69, 9.17) is 22.1 Å². The van der Waals surface area contributed by atoms with Crippen LogP contribution in [0.15, 0.2) is 66.4 Å². The molecule has 2 aliphatic heterocycles. The zero-order valence-corrected chi connectivity index (χ0v) is 22.6. The molecule has 0 radical (unpaired) electrons. The van der Waals surface area contributed by atoms with Crippen LogP contribution >= 0.6 is 11.6 Å².